The molecule has 0 aliphatic carbocycles. The number of fused-ring (bicyclic) bond motifs is 2. The van der Waals surface area contributed by atoms with E-state index in [4.69, 9.17) is 4.74 Å². The maximum absolute atomic E-state index is 13.5. The van der Waals surface area contributed by atoms with E-state index in [0.29, 0.717) is 23.1 Å². The van der Waals surface area contributed by atoms with Gasteiger partial charge in [-0.05, 0) is 78.4 Å². The number of aromatic amines is 1. The molecule has 7 aromatic rings. The fourth-order valence-corrected chi connectivity index (χ4v) is 4.74. The SMILES string of the molecule is Fc1ccc(-c2nnc(Nc3ccc(Oc4ncccc4-c4ccnc5[nH]ccc45)cc3)c3ccccc23)cc1. The van der Waals surface area contributed by atoms with Gasteiger partial charge >= 0.3 is 0 Å². The minimum atomic E-state index is -0.290. The van der Waals surface area contributed by atoms with E-state index in [9.17, 15) is 4.39 Å². The average molecular weight is 525 g/mol. The number of nitrogens with one attached hydrogen (secondary N) is 2. The highest BCUT2D eigenvalue weighted by atomic mass is 19.1. The molecule has 3 aromatic carbocycles. The molecule has 0 fully saturated rings. The largest absolute Gasteiger partial charge is 0.438 e. The summed E-state index contributed by atoms with van der Waals surface area (Å²) in [5.74, 6) is 1.48. The van der Waals surface area contributed by atoms with Gasteiger partial charge in [-0.25, -0.2) is 14.4 Å². The van der Waals surface area contributed by atoms with E-state index in [1.165, 1.54) is 12.1 Å². The van der Waals surface area contributed by atoms with Crippen molar-refractivity contribution in [2.45, 2.75) is 0 Å². The third kappa shape index (κ3) is 4.37. The Hall–Kier alpha value is -5.63. The third-order valence-corrected chi connectivity index (χ3v) is 6.66. The van der Waals surface area contributed by atoms with E-state index in [1.807, 2.05) is 79.0 Å². The van der Waals surface area contributed by atoms with Crippen LogP contribution >= 0.6 is 0 Å². The lowest BCUT2D eigenvalue weighted by atomic mass is 10.0. The van der Waals surface area contributed by atoms with Crippen molar-refractivity contribution in [2.75, 3.05) is 5.32 Å². The molecule has 0 spiro atoms. The molecule has 0 amide bonds. The molecule has 7 rings (SSSR count). The van der Waals surface area contributed by atoms with Crippen molar-refractivity contribution in [1.82, 2.24) is 25.1 Å². The lowest BCUT2D eigenvalue weighted by Crippen LogP contribution is -1.99. The van der Waals surface area contributed by atoms with Crippen LogP contribution in [-0.4, -0.2) is 25.1 Å². The lowest BCUT2D eigenvalue weighted by molar-refractivity contribution is 0.465. The number of halogens is 1. The number of nitrogens with zero attached hydrogens (tertiary/aromatic N) is 4. The predicted molar refractivity (Wildman–Crippen MR) is 154 cm³/mol. The molecule has 0 saturated heterocycles. The standard InChI is InChI=1S/C32H21FN6O/c33-21-9-7-20(8-10-21)29-25-4-1-2-5-26(25)31(39-38-29)37-22-11-13-23(14-12-22)40-32-28(6-3-17-36-32)24-15-18-34-30-27(24)16-19-35-30/h1-19H,(H,34,35)(H,37,39). The van der Waals surface area contributed by atoms with E-state index in [-0.39, 0.29) is 5.82 Å². The summed E-state index contributed by atoms with van der Waals surface area (Å²) < 4.78 is 19.7. The molecule has 2 N–H and O–H groups in total. The lowest BCUT2D eigenvalue weighted by Gasteiger charge is -2.13. The van der Waals surface area contributed by atoms with Crippen molar-refractivity contribution >= 4 is 33.3 Å². The highest BCUT2D eigenvalue weighted by molar-refractivity contribution is 6.01. The molecular formula is C32H21FN6O. The average Bonchev–Trinajstić information content (AvgIpc) is 3.49. The Morgan fingerprint density at radius 1 is 0.675 bits per heavy atom. The van der Waals surface area contributed by atoms with Gasteiger partial charge in [-0.1, -0.05) is 24.3 Å². The first-order chi connectivity index (χ1) is 19.7. The van der Waals surface area contributed by atoms with Crippen molar-refractivity contribution < 1.29 is 9.13 Å². The Morgan fingerprint density at radius 3 is 2.35 bits per heavy atom. The Labute approximate surface area is 228 Å². The van der Waals surface area contributed by atoms with E-state index >= 15 is 0 Å². The topological polar surface area (TPSA) is 88.6 Å². The molecule has 0 saturated carbocycles. The Balaban J connectivity index is 1.16. The maximum atomic E-state index is 13.5. The van der Waals surface area contributed by atoms with Gasteiger partial charge in [-0.2, -0.15) is 0 Å². The van der Waals surface area contributed by atoms with E-state index in [0.717, 1.165) is 44.2 Å². The summed E-state index contributed by atoms with van der Waals surface area (Å²) in [5, 5.41) is 15.1. The van der Waals surface area contributed by atoms with Crippen LogP contribution in [0.4, 0.5) is 15.9 Å². The zero-order chi connectivity index (χ0) is 26.9. The molecule has 0 radical (unpaired) electrons. The highest BCUT2D eigenvalue weighted by Gasteiger charge is 2.14. The van der Waals surface area contributed by atoms with E-state index in [1.54, 1.807) is 24.5 Å². The minimum Gasteiger partial charge on any atom is -0.438 e. The second-order valence-corrected chi connectivity index (χ2v) is 9.16. The second kappa shape index (κ2) is 9.92. The molecule has 40 heavy (non-hydrogen) atoms. The number of anilines is 2. The van der Waals surface area contributed by atoms with Gasteiger partial charge < -0.3 is 15.0 Å². The van der Waals surface area contributed by atoms with Crippen LogP contribution in [0, 0.1) is 5.82 Å². The Bertz CT molecular complexity index is 1970. The van der Waals surface area contributed by atoms with Gasteiger partial charge in [0.1, 0.15) is 22.9 Å². The molecule has 0 unspecified atom stereocenters. The number of hydrogen-bond acceptors (Lipinski definition) is 6. The number of rotatable bonds is 6. The minimum absolute atomic E-state index is 0.290. The van der Waals surface area contributed by atoms with Crippen LogP contribution in [0.1, 0.15) is 0 Å². The Morgan fingerprint density at radius 2 is 1.50 bits per heavy atom. The zero-order valence-electron chi connectivity index (χ0n) is 21.0. The monoisotopic (exact) mass is 524 g/mol. The number of pyridine rings is 2. The van der Waals surface area contributed by atoms with E-state index < -0.39 is 0 Å². The van der Waals surface area contributed by atoms with E-state index in [2.05, 4.69) is 30.5 Å². The highest BCUT2D eigenvalue weighted by Crippen LogP contribution is 2.36. The van der Waals surface area contributed by atoms with Crippen LogP contribution in [0.5, 0.6) is 11.6 Å². The summed E-state index contributed by atoms with van der Waals surface area (Å²) in [7, 11) is 0. The molecule has 7 nitrogen and oxygen atoms in total. The van der Waals surface area contributed by atoms with Crippen LogP contribution < -0.4 is 10.1 Å². The van der Waals surface area contributed by atoms with Crippen LogP contribution in [0.3, 0.4) is 0 Å². The molecule has 4 heterocycles. The summed E-state index contributed by atoms with van der Waals surface area (Å²) in [6.07, 6.45) is 5.35. The molecule has 0 atom stereocenters. The summed E-state index contributed by atoms with van der Waals surface area (Å²) in [4.78, 5) is 12.0. The molecule has 0 aliphatic rings. The predicted octanol–water partition coefficient (Wildman–Crippen LogP) is 7.91. The van der Waals surface area contributed by atoms with Gasteiger partial charge in [0.2, 0.25) is 5.88 Å². The molecule has 192 valence electrons. The van der Waals surface area contributed by atoms with Gasteiger partial charge in [0.15, 0.2) is 5.82 Å². The van der Waals surface area contributed by atoms with Crippen molar-refractivity contribution in [3.8, 4) is 34.0 Å². The van der Waals surface area contributed by atoms with Gasteiger partial charge in [0.05, 0.1) is 0 Å². The van der Waals surface area contributed by atoms with Gasteiger partial charge in [-0.3, -0.25) is 0 Å². The van der Waals surface area contributed by atoms with Gasteiger partial charge in [-0.15, -0.1) is 10.2 Å². The van der Waals surface area contributed by atoms with Crippen LogP contribution in [0.2, 0.25) is 0 Å². The van der Waals surface area contributed by atoms with Gasteiger partial charge in [0, 0.05) is 51.6 Å². The number of aromatic nitrogens is 5. The van der Waals surface area contributed by atoms with Crippen molar-refractivity contribution in [3.63, 3.8) is 0 Å². The normalized spacial score (nSPS) is 11.1. The first kappa shape index (κ1) is 23.5. The number of benzene rings is 3. The smallest absolute Gasteiger partial charge is 0.227 e. The molecule has 0 aliphatic heterocycles. The summed E-state index contributed by atoms with van der Waals surface area (Å²) in [5.41, 5.74) is 5.00. The first-order valence-corrected chi connectivity index (χ1v) is 12.7. The van der Waals surface area contributed by atoms with Gasteiger partial charge in [0.25, 0.3) is 0 Å². The quantitative estimate of drug-likeness (QED) is 0.230. The fourth-order valence-electron chi connectivity index (χ4n) is 4.74. The summed E-state index contributed by atoms with van der Waals surface area (Å²) >= 11 is 0. The third-order valence-electron chi connectivity index (χ3n) is 6.66. The first-order valence-electron chi connectivity index (χ1n) is 12.7. The van der Waals surface area contributed by atoms with Crippen molar-refractivity contribution in [1.29, 1.82) is 0 Å². The van der Waals surface area contributed by atoms with Crippen molar-refractivity contribution in [3.05, 3.63) is 121 Å². The van der Waals surface area contributed by atoms with Crippen LogP contribution in [0.15, 0.2) is 116 Å². The number of ether oxygens (including phenoxy) is 1. The van der Waals surface area contributed by atoms with Crippen LogP contribution in [0.25, 0.3) is 44.2 Å². The second-order valence-electron chi connectivity index (χ2n) is 9.16. The number of H-pyrrole nitrogens is 1. The fraction of sp³-hybridized carbons (Fsp3) is 0. The number of hydrogen-bond donors (Lipinski definition) is 2. The maximum Gasteiger partial charge on any atom is 0.227 e. The van der Waals surface area contributed by atoms with Crippen LogP contribution in [-0.2, 0) is 0 Å². The molecule has 0 bridgehead atoms. The zero-order valence-corrected chi connectivity index (χ0v) is 21.0. The molecule has 4 aromatic heterocycles. The summed E-state index contributed by atoms with van der Waals surface area (Å²) in [6, 6.07) is 29.6. The summed E-state index contributed by atoms with van der Waals surface area (Å²) in [6.45, 7) is 0. The Kier molecular flexibility index (Phi) is 5.82. The molecular weight excluding hydrogens is 503 g/mol. The van der Waals surface area contributed by atoms with Crippen molar-refractivity contribution in [2.24, 2.45) is 0 Å². The molecule has 8 heteroatoms.